The summed E-state index contributed by atoms with van der Waals surface area (Å²) in [5, 5.41) is 0. The van der Waals surface area contributed by atoms with Crippen LogP contribution in [0.2, 0.25) is 0 Å². The summed E-state index contributed by atoms with van der Waals surface area (Å²) in [5.74, 6) is -0.429. The predicted molar refractivity (Wildman–Crippen MR) is 103 cm³/mol. The van der Waals surface area contributed by atoms with Gasteiger partial charge in [0.2, 0.25) is 0 Å². The summed E-state index contributed by atoms with van der Waals surface area (Å²) in [4.78, 5) is 34.3. The van der Waals surface area contributed by atoms with Crippen LogP contribution in [0.5, 0.6) is 0 Å². The lowest BCUT2D eigenvalue weighted by atomic mass is 9.97. The van der Waals surface area contributed by atoms with Crippen LogP contribution in [0.15, 0.2) is 48.3 Å². The molecule has 0 unspecified atom stereocenters. The first-order chi connectivity index (χ1) is 13.1. The molecule has 2 aliphatic rings. The van der Waals surface area contributed by atoms with Crippen LogP contribution in [-0.2, 0) is 16.1 Å². The van der Waals surface area contributed by atoms with E-state index in [4.69, 9.17) is 0 Å². The van der Waals surface area contributed by atoms with E-state index in [1.54, 1.807) is 6.20 Å². The largest absolute Gasteiger partial charge is 0.366 e. The lowest BCUT2D eigenvalue weighted by molar-refractivity contribution is -0.138. The smallest absolute Gasteiger partial charge is 0.278 e. The number of carbonyl (C=O) groups excluding carboxylic acids is 2. The number of hydrogen-bond donors (Lipinski definition) is 0. The molecule has 0 N–H and O–H groups in total. The Bertz CT molecular complexity index is 928. The Balaban J connectivity index is 1.78. The third-order valence-electron chi connectivity index (χ3n) is 5.26. The van der Waals surface area contributed by atoms with Crippen molar-refractivity contribution < 1.29 is 9.59 Å². The Morgan fingerprint density at radius 3 is 2.44 bits per heavy atom. The summed E-state index contributed by atoms with van der Waals surface area (Å²) in [7, 11) is 0. The van der Waals surface area contributed by atoms with Crippen molar-refractivity contribution in [2.45, 2.75) is 33.2 Å². The molecule has 2 amide bonds. The number of hydrogen-bond acceptors (Lipinski definition) is 4. The third-order valence-corrected chi connectivity index (χ3v) is 5.26. The lowest BCUT2D eigenvalue weighted by Gasteiger charge is -2.20. The number of nitrogens with zero attached hydrogens (tertiary/aromatic N) is 3. The summed E-state index contributed by atoms with van der Waals surface area (Å²) in [6, 6.07) is 11.6. The highest BCUT2D eigenvalue weighted by Crippen LogP contribution is 2.35. The van der Waals surface area contributed by atoms with Gasteiger partial charge in [0, 0.05) is 19.3 Å². The van der Waals surface area contributed by atoms with Gasteiger partial charge in [-0.1, -0.05) is 29.8 Å². The molecule has 1 fully saturated rings. The molecule has 0 saturated carbocycles. The fourth-order valence-corrected chi connectivity index (χ4v) is 3.93. The highest BCUT2D eigenvalue weighted by molar-refractivity contribution is 6.35. The number of pyridine rings is 1. The molecule has 2 aromatic rings. The minimum absolute atomic E-state index is 0.199. The number of imide groups is 1. The summed E-state index contributed by atoms with van der Waals surface area (Å²) in [5.41, 5.74) is 4.81. The van der Waals surface area contributed by atoms with Gasteiger partial charge in [0.25, 0.3) is 11.8 Å². The van der Waals surface area contributed by atoms with E-state index in [0.29, 0.717) is 17.0 Å². The number of carbonyl (C=O) groups is 2. The van der Waals surface area contributed by atoms with E-state index in [-0.39, 0.29) is 18.4 Å². The molecule has 2 aliphatic heterocycles. The molecule has 5 nitrogen and oxygen atoms in total. The van der Waals surface area contributed by atoms with Crippen molar-refractivity contribution >= 4 is 17.4 Å². The molecular weight excluding hydrogens is 338 g/mol. The van der Waals surface area contributed by atoms with Crippen LogP contribution in [0.3, 0.4) is 0 Å². The Morgan fingerprint density at radius 1 is 1.00 bits per heavy atom. The fraction of sp³-hybridized carbons (Fsp3) is 0.318. The predicted octanol–water partition coefficient (Wildman–Crippen LogP) is 3.07. The minimum atomic E-state index is -0.223. The van der Waals surface area contributed by atoms with Gasteiger partial charge in [0.15, 0.2) is 0 Å². The molecule has 1 saturated heterocycles. The maximum Gasteiger partial charge on any atom is 0.278 e. The molecule has 0 radical (unpaired) electrons. The highest BCUT2D eigenvalue weighted by atomic mass is 16.2. The van der Waals surface area contributed by atoms with Crippen molar-refractivity contribution in [2.24, 2.45) is 0 Å². The summed E-state index contributed by atoms with van der Waals surface area (Å²) >= 11 is 0. The molecule has 0 atom stereocenters. The van der Waals surface area contributed by atoms with E-state index in [1.165, 1.54) is 4.90 Å². The number of amides is 2. The molecule has 0 bridgehead atoms. The molecule has 3 heterocycles. The van der Waals surface area contributed by atoms with Gasteiger partial charge in [0.05, 0.1) is 17.8 Å². The molecule has 0 spiro atoms. The highest BCUT2D eigenvalue weighted by Gasteiger charge is 2.42. The first-order valence-corrected chi connectivity index (χ1v) is 9.39. The minimum Gasteiger partial charge on any atom is -0.366 e. The van der Waals surface area contributed by atoms with Gasteiger partial charge in [-0.25, -0.2) is 0 Å². The zero-order valence-electron chi connectivity index (χ0n) is 15.7. The van der Waals surface area contributed by atoms with E-state index in [0.717, 1.165) is 42.6 Å². The van der Waals surface area contributed by atoms with Crippen LogP contribution in [0.4, 0.5) is 0 Å². The first kappa shape index (κ1) is 17.5. The van der Waals surface area contributed by atoms with Gasteiger partial charge in [-0.05, 0) is 49.9 Å². The monoisotopic (exact) mass is 361 g/mol. The average molecular weight is 361 g/mol. The van der Waals surface area contributed by atoms with Crippen molar-refractivity contribution in [2.75, 3.05) is 13.1 Å². The van der Waals surface area contributed by atoms with Crippen LogP contribution in [0.25, 0.3) is 5.57 Å². The van der Waals surface area contributed by atoms with Crippen LogP contribution in [0.1, 0.15) is 35.2 Å². The van der Waals surface area contributed by atoms with Crippen molar-refractivity contribution in [1.29, 1.82) is 0 Å². The maximum atomic E-state index is 13.3. The lowest BCUT2D eigenvalue weighted by Crippen LogP contribution is -2.34. The second-order valence-corrected chi connectivity index (χ2v) is 7.25. The van der Waals surface area contributed by atoms with Gasteiger partial charge in [-0.3, -0.25) is 19.5 Å². The Hall–Kier alpha value is -2.95. The van der Waals surface area contributed by atoms with E-state index in [9.17, 15) is 9.59 Å². The number of likely N-dealkylation sites (tertiary alicyclic amines) is 1. The number of benzene rings is 1. The Labute approximate surface area is 159 Å². The van der Waals surface area contributed by atoms with Gasteiger partial charge in [0.1, 0.15) is 5.70 Å². The Morgan fingerprint density at radius 2 is 1.78 bits per heavy atom. The molecule has 1 aromatic carbocycles. The zero-order valence-corrected chi connectivity index (χ0v) is 15.7. The quantitative estimate of drug-likeness (QED) is 0.786. The SMILES string of the molecule is Cc1ccc(C2=C(N3CCCC3)C(=O)N(Cc3ccccn3)C2=O)c(C)c1. The first-order valence-electron chi connectivity index (χ1n) is 9.39. The van der Waals surface area contributed by atoms with E-state index >= 15 is 0 Å². The normalized spacial score (nSPS) is 17.4. The van der Waals surface area contributed by atoms with Crippen LogP contribution < -0.4 is 0 Å². The zero-order chi connectivity index (χ0) is 19.0. The molecule has 5 heteroatoms. The molecule has 0 aliphatic carbocycles. The number of aromatic nitrogens is 1. The summed E-state index contributed by atoms with van der Waals surface area (Å²) in [6.07, 6.45) is 3.77. The molecule has 138 valence electrons. The molecular formula is C22H23N3O2. The molecule has 27 heavy (non-hydrogen) atoms. The van der Waals surface area contributed by atoms with Crippen molar-refractivity contribution in [3.63, 3.8) is 0 Å². The fourth-order valence-electron chi connectivity index (χ4n) is 3.93. The van der Waals surface area contributed by atoms with Gasteiger partial charge >= 0.3 is 0 Å². The second-order valence-electron chi connectivity index (χ2n) is 7.25. The number of rotatable bonds is 4. The van der Waals surface area contributed by atoms with Crippen LogP contribution in [0, 0.1) is 13.8 Å². The van der Waals surface area contributed by atoms with Crippen LogP contribution in [-0.4, -0.2) is 39.7 Å². The molecule has 1 aromatic heterocycles. The summed E-state index contributed by atoms with van der Waals surface area (Å²) in [6.45, 7) is 5.86. The third kappa shape index (κ3) is 3.14. The number of aryl methyl sites for hydroxylation is 2. The molecule has 4 rings (SSSR count). The average Bonchev–Trinajstić information content (AvgIpc) is 3.25. The van der Waals surface area contributed by atoms with E-state index in [2.05, 4.69) is 16.0 Å². The van der Waals surface area contributed by atoms with Crippen LogP contribution >= 0.6 is 0 Å². The van der Waals surface area contributed by atoms with Crippen molar-refractivity contribution in [1.82, 2.24) is 14.8 Å². The second kappa shape index (κ2) is 6.99. The van der Waals surface area contributed by atoms with Crippen molar-refractivity contribution in [3.8, 4) is 0 Å². The van der Waals surface area contributed by atoms with Gasteiger partial charge < -0.3 is 4.90 Å². The van der Waals surface area contributed by atoms with E-state index < -0.39 is 0 Å². The summed E-state index contributed by atoms with van der Waals surface area (Å²) < 4.78 is 0. The van der Waals surface area contributed by atoms with Crippen molar-refractivity contribution in [3.05, 3.63) is 70.7 Å². The Kier molecular flexibility index (Phi) is 4.52. The van der Waals surface area contributed by atoms with E-state index in [1.807, 2.05) is 44.2 Å². The van der Waals surface area contributed by atoms with Gasteiger partial charge in [-0.15, -0.1) is 0 Å². The topological polar surface area (TPSA) is 53.5 Å². The maximum absolute atomic E-state index is 13.3. The van der Waals surface area contributed by atoms with Gasteiger partial charge in [-0.2, -0.15) is 0 Å². The standard InChI is InChI=1S/C22H23N3O2/c1-15-8-9-18(16(2)13-15)19-20(24-11-5-6-12-24)22(27)25(21(19)26)14-17-7-3-4-10-23-17/h3-4,7-10,13H,5-6,11-12,14H2,1-2H3.